The van der Waals surface area contributed by atoms with Crippen molar-refractivity contribution in [2.45, 2.75) is 45.1 Å². The molecule has 1 amide bonds. The SMILES string of the molecule is COCCCC(NC(=O)C1CCCC1C)C(=O)O. The van der Waals surface area contributed by atoms with E-state index >= 15 is 0 Å². The van der Waals surface area contributed by atoms with Crippen LogP contribution in [0, 0.1) is 11.8 Å². The predicted molar refractivity (Wildman–Crippen MR) is 67.2 cm³/mol. The molecular formula is C13H23NO4. The summed E-state index contributed by atoms with van der Waals surface area (Å²) in [5, 5.41) is 11.7. The molecule has 0 aromatic carbocycles. The zero-order chi connectivity index (χ0) is 13.5. The molecular weight excluding hydrogens is 234 g/mol. The molecule has 5 heteroatoms. The third kappa shape index (κ3) is 4.29. The summed E-state index contributed by atoms with van der Waals surface area (Å²) < 4.78 is 4.89. The molecule has 0 saturated heterocycles. The van der Waals surface area contributed by atoms with Gasteiger partial charge in [0, 0.05) is 19.6 Å². The standard InChI is InChI=1S/C13H23NO4/c1-9-5-3-6-10(9)12(15)14-11(13(16)17)7-4-8-18-2/h9-11H,3-8H2,1-2H3,(H,14,15)(H,16,17). The molecule has 0 bridgehead atoms. The highest BCUT2D eigenvalue weighted by atomic mass is 16.5. The highest BCUT2D eigenvalue weighted by Gasteiger charge is 2.31. The largest absolute Gasteiger partial charge is 0.480 e. The third-order valence-corrected chi connectivity index (χ3v) is 3.65. The summed E-state index contributed by atoms with van der Waals surface area (Å²) in [6.45, 7) is 2.57. The van der Waals surface area contributed by atoms with Crippen LogP contribution in [-0.4, -0.2) is 36.7 Å². The van der Waals surface area contributed by atoms with Crippen LogP contribution < -0.4 is 5.32 Å². The molecule has 2 N–H and O–H groups in total. The molecule has 5 nitrogen and oxygen atoms in total. The second-order valence-electron chi connectivity index (χ2n) is 5.05. The molecule has 104 valence electrons. The van der Waals surface area contributed by atoms with Crippen LogP contribution in [0.25, 0.3) is 0 Å². The lowest BCUT2D eigenvalue weighted by Crippen LogP contribution is -2.44. The lowest BCUT2D eigenvalue weighted by atomic mass is 9.96. The Morgan fingerprint density at radius 2 is 2.17 bits per heavy atom. The van der Waals surface area contributed by atoms with Crippen molar-refractivity contribution in [2.24, 2.45) is 11.8 Å². The quantitative estimate of drug-likeness (QED) is 0.676. The summed E-state index contributed by atoms with van der Waals surface area (Å²) >= 11 is 0. The molecule has 3 atom stereocenters. The molecule has 0 spiro atoms. The fourth-order valence-corrected chi connectivity index (χ4v) is 2.50. The van der Waals surface area contributed by atoms with Crippen LogP contribution in [0.2, 0.25) is 0 Å². The Morgan fingerprint density at radius 1 is 1.44 bits per heavy atom. The molecule has 1 fully saturated rings. The zero-order valence-electron chi connectivity index (χ0n) is 11.1. The van der Waals surface area contributed by atoms with Crippen molar-refractivity contribution in [3.63, 3.8) is 0 Å². The van der Waals surface area contributed by atoms with Crippen molar-refractivity contribution in [1.82, 2.24) is 5.32 Å². The number of amides is 1. The van der Waals surface area contributed by atoms with Crippen molar-refractivity contribution < 1.29 is 19.4 Å². The first-order chi connectivity index (χ1) is 8.56. The van der Waals surface area contributed by atoms with E-state index in [1.165, 1.54) is 0 Å². The Hall–Kier alpha value is -1.10. The van der Waals surface area contributed by atoms with E-state index in [4.69, 9.17) is 9.84 Å². The molecule has 18 heavy (non-hydrogen) atoms. The molecule has 0 aromatic heterocycles. The molecule has 0 aliphatic heterocycles. The van der Waals surface area contributed by atoms with E-state index in [9.17, 15) is 9.59 Å². The van der Waals surface area contributed by atoms with E-state index in [-0.39, 0.29) is 11.8 Å². The number of carbonyl (C=O) groups is 2. The number of carboxylic acid groups (broad SMARTS) is 1. The summed E-state index contributed by atoms with van der Waals surface area (Å²) in [6.07, 6.45) is 4.03. The summed E-state index contributed by atoms with van der Waals surface area (Å²) in [4.78, 5) is 23.1. The number of hydrogen-bond donors (Lipinski definition) is 2. The number of ether oxygens (including phenoxy) is 1. The van der Waals surface area contributed by atoms with Crippen LogP contribution in [0.4, 0.5) is 0 Å². The minimum absolute atomic E-state index is 0.0192. The van der Waals surface area contributed by atoms with E-state index in [0.29, 0.717) is 25.4 Å². The molecule has 0 aromatic rings. The van der Waals surface area contributed by atoms with Crippen molar-refractivity contribution in [3.05, 3.63) is 0 Å². The average molecular weight is 257 g/mol. The van der Waals surface area contributed by atoms with E-state index in [0.717, 1.165) is 19.3 Å². The highest BCUT2D eigenvalue weighted by molar-refractivity contribution is 5.85. The van der Waals surface area contributed by atoms with Crippen LogP contribution >= 0.6 is 0 Å². The van der Waals surface area contributed by atoms with Gasteiger partial charge in [-0.3, -0.25) is 4.79 Å². The maximum atomic E-state index is 12.0. The summed E-state index contributed by atoms with van der Waals surface area (Å²) in [6, 6.07) is -0.791. The lowest BCUT2D eigenvalue weighted by Gasteiger charge is -2.19. The van der Waals surface area contributed by atoms with Crippen molar-refractivity contribution in [3.8, 4) is 0 Å². The van der Waals surface area contributed by atoms with Gasteiger partial charge in [0.25, 0.3) is 0 Å². The fourth-order valence-electron chi connectivity index (χ4n) is 2.50. The first kappa shape index (κ1) is 15.0. The number of hydrogen-bond acceptors (Lipinski definition) is 3. The second kappa shape index (κ2) is 7.36. The van der Waals surface area contributed by atoms with Gasteiger partial charge in [0.15, 0.2) is 0 Å². The molecule has 3 unspecified atom stereocenters. The summed E-state index contributed by atoms with van der Waals surface area (Å²) in [7, 11) is 1.58. The monoisotopic (exact) mass is 257 g/mol. The Labute approximate surface area is 108 Å². The predicted octanol–water partition coefficient (Wildman–Crippen LogP) is 1.42. The highest BCUT2D eigenvalue weighted by Crippen LogP contribution is 2.31. The second-order valence-corrected chi connectivity index (χ2v) is 5.05. The number of carbonyl (C=O) groups excluding carboxylic acids is 1. The van der Waals surface area contributed by atoms with E-state index < -0.39 is 12.0 Å². The number of rotatable bonds is 7. The molecule has 1 saturated carbocycles. The fraction of sp³-hybridized carbons (Fsp3) is 0.846. The minimum Gasteiger partial charge on any atom is -0.480 e. The van der Waals surface area contributed by atoms with Gasteiger partial charge in [0.1, 0.15) is 6.04 Å². The topological polar surface area (TPSA) is 75.6 Å². The Morgan fingerprint density at radius 3 is 2.67 bits per heavy atom. The minimum atomic E-state index is -0.967. The maximum Gasteiger partial charge on any atom is 0.326 e. The van der Waals surface area contributed by atoms with Crippen molar-refractivity contribution in [2.75, 3.05) is 13.7 Å². The molecule has 0 radical (unpaired) electrons. The molecule has 1 aliphatic rings. The van der Waals surface area contributed by atoms with Crippen LogP contribution in [0.1, 0.15) is 39.0 Å². The first-order valence-electron chi connectivity index (χ1n) is 6.58. The summed E-state index contributed by atoms with van der Waals surface area (Å²) in [5.41, 5.74) is 0. The Balaban J connectivity index is 2.44. The van der Waals surface area contributed by atoms with E-state index in [1.54, 1.807) is 7.11 Å². The maximum absolute atomic E-state index is 12.0. The zero-order valence-corrected chi connectivity index (χ0v) is 11.1. The van der Waals surface area contributed by atoms with Gasteiger partial charge in [-0.2, -0.15) is 0 Å². The number of carboxylic acids is 1. The normalized spacial score (nSPS) is 24.8. The molecule has 1 aliphatic carbocycles. The van der Waals surface area contributed by atoms with Gasteiger partial charge in [-0.25, -0.2) is 4.79 Å². The van der Waals surface area contributed by atoms with Crippen LogP contribution in [-0.2, 0) is 14.3 Å². The van der Waals surface area contributed by atoms with Crippen LogP contribution in [0.5, 0.6) is 0 Å². The van der Waals surface area contributed by atoms with Gasteiger partial charge in [0.05, 0.1) is 0 Å². The van der Waals surface area contributed by atoms with Gasteiger partial charge in [-0.15, -0.1) is 0 Å². The average Bonchev–Trinajstić information content (AvgIpc) is 2.74. The van der Waals surface area contributed by atoms with Gasteiger partial charge < -0.3 is 15.2 Å². The van der Waals surface area contributed by atoms with Crippen molar-refractivity contribution >= 4 is 11.9 Å². The smallest absolute Gasteiger partial charge is 0.326 e. The Bertz CT molecular complexity index is 293. The van der Waals surface area contributed by atoms with Gasteiger partial charge >= 0.3 is 5.97 Å². The van der Waals surface area contributed by atoms with E-state index in [2.05, 4.69) is 12.2 Å². The third-order valence-electron chi connectivity index (χ3n) is 3.65. The van der Waals surface area contributed by atoms with E-state index in [1.807, 2.05) is 0 Å². The number of nitrogens with one attached hydrogen (secondary N) is 1. The number of methoxy groups -OCH3 is 1. The van der Waals surface area contributed by atoms with Crippen LogP contribution in [0.3, 0.4) is 0 Å². The Kier molecular flexibility index (Phi) is 6.12. The summed E-state index contributed by atoms with van der Waals surface area (Å²) in [5.74, 6) is -0.734. The van der Waals surface area contributed by atoms with Crippen LogP contribution in [0.15, 0.2) is 0 Å². The van der Waals surface area contributed by atoms with Gasteiger partial charge in [-0.1, -0.05) is 13.3 Å². The van der Waals surface area contributed by atoms with Crippen molar-refractivity contribution in [1.29, 1.82) is 0 Å². The van der Waals surface area contributed by atoms with Gasteiger partial charge in [0.2, 0.25) is 5.91 Å². The first-order valence-corrected chi connectivity index (χ1v) is 6.58. The number of aliphatic carboxylic acids is 1. The molecule has 1 rings (SSSR count). The van der Waals surface area contributed by atoms with Gasteiger partial charge in [-0.05, 0) is 31.6 Å². The molecule has 0 heterocycles. The lowest BCUT2D eigenvalue weighted by molar-refractivity contribution is -0.143.